The van der Waals surface area contributed by atoms with Gasteiger partial charge in [0.1, 0.15) is 12.4 Å². The lowest BCUT2D eigenvalue weighted by molar-refractivity contribution is -0.147. The van der Waals surface area contributed by atoms with Crippen LogP contribution in [-0.4, -0.2) is 27.2 Å². The number of carbonyl (C=O) groups excluding carboxylic acids is 1. The van der Waals surface area contributed by atoms with Gasteiger partial charge in [0.2, 0.25) is 4.96 Å². The first kappa shape index (κ1) is 16.6. The Morgan fingerprint density at radius 2 is 2.21 bits per heavy atom. The summed E-state index contributed by atoms with van der Waals surface area (Å²) in [6.45, 7) is 1.49. The lowest BCUT2D eigenvalue weighted by Crippen LogP contribution is -2.16. The molecule has 0 aliphatic heterocycles. The third-order valence-electron chi connectivity index (χ3n) is 2.92. The van der Waals surface area contributed by atoms with Gasteiger partial charge >= 0.3 is 5.97 Å². The molecular formula is C15H12BrN3O4S. The molecule has 0 spiro atoms. The van der Waals surface area contributed by atoms with Crippen LogP contribution in [0.3, 0.4) is 0 Å². The summed E-state index contributed by atoms with van der Waals surface area (Å²) in [5, 5.41) is 4.58. The molecule has 1 aromatic carbocycles. The predicted octanol–water partition coefficient (Wildman–Crippen LogP) is 2.34. The number of aryl methyl sites for hydroxylation is 1. The van der Waals surface area contributed by atoms with Gasteiger partial charge < -0.3 is 9.47 Å². The second-order valence-electron chi connectivity index (χ2n) is 4.83. The zero-order valence-corrected chi connectivity index (χ0v) is 15.0. The van der Waals surface area contributed by atoms with Gasteiger partial charge in [0.05, 0.1) is 0 Å². The second-order valence-corrected chi connectivity index (χ2v) is 6.79. The smallest absolute Gasteiger partial charge is 0.344 e. The Morgan fingerprint density at radius 1 is 1.38 bits per heavy atom. The number of ether oxygens (including phenoxy) is 2. The Hall–Kier alpha value is -2.26. The molecule has 0 N–H and O–H groups in total. The molecule has 3 rings (SSSR count). The molecule has 0 bridgehead atoms. The highest BCUT2D eigenvalue weighted by atomic mass is 79.9. The SMILES string of the molecule is Cc1cc(=O)n2nc(COC(=O)COc3cccc(Br)c3)sc2n1. The third kappa shape index (κ3) is 3.98. The molecule has 0 amide bonds. The molecule has 0 unspecified atom stereocenters. The molecule has 0 saturated heterocycles. The fourth-order valence-electron chi connectivity index (χ4n) is 1.90. The van der Waals surface area contributed by atoms with Crippen LogP contribution in [0.1, 0.15) is 10.7 Å². The fourth-order valence-corrected chi connectivity index (χ4v) is 3.14. The van der Waals surface area contributed by atoms with Gasteiger partial charge in [0.25, 0.3) is 5.56 Å². The van der Waals surface area contributed by atoms with E-state index in [0.717, 1.165) is 4.47 Å². The van der Waals surface area contributed by atoms with E-state index in [2.05, 4.69) is 26.0 Å². The fraction of sp³-hybridized carbons (Fsp3) is 0.200. The molecule has 7 nitrogen and oxygen atoms in total. The lowest BCUT2D eigenvalue weighted by Gasteiger charge is -2.06. The van der Waals surface area contributed by atoms with Crippen LogP contribution in [0.4, 0.5) is 0 Å². The molecule has 0 aliphatic rings. The van der Waals surface area contributed by atoms with Gasteiger partial charge in [-0.15, -0.1) is 0 Å². The highest BCUT2D eigenvalue weighted by Gasteiger charge is 2.11. The number of hydrogen-bond acceptors (Lipinski definition) is 7. The van der Waals surface area contributed by atoms with Gasteiger partial charge in [-0.3, -0.25) is 4.79 Å². The van der Waals surface area contributed by atoms with Crippen LogP contribution in [0.25, 0.3) is 4.96 Å². The molecule has 0 fully saturated rings. The van der Waals surface area contributed by atoms with Crippen molar-refractivity contribution in [2.24, 2.45) is 0 Å². The maximum atomic E-state index is 11.8. The van der Waals surface area contributed by atoms with Crippen molar-refractivity contribution in [2.75, 3.05) is 6.61 Å². The van der Waals surface area contributed by atoms with Gasteiger partial charge in [0, 0.05) is 16.2 Å². The number of benzene rings is 1. The van der Waals surface area contributed by atoms with Crippen molar-refractivity contribution in [1.29, 1.82) is 0 Å². The third-order valence-corrected chi connectivity index (χ3v) is 4.30. The van der Waals surface area contributed by atoms with Crippen molar-refractivity contribution >= 4 is 38.2 Å². The van der Waals surface area contributed by atoms with Crippen LogP contribution in [-0.2, 0) is 16.1 Å². The molecular weight excluding hydrogens is 398 g/mol. The van der Waals surface area contributed by atoms with E-state index >= 15 is 0 Å². The Labute approximate surface area is 149 Å². The maximum Gasteiger partial charge on any atom is 0.344 e. The van der Waals surface area contributed by atoms with Crippen molar-refractivity contribution in [2.45, 2.75) is 13.5 Å². The molecule has 3 aromatic rings. The number of aromatic nitrogens is 3. The summed E-state index contributed by atoms with van der Waals surface area (Å²) >= 11 is 4.52. The van der Waals surface area contributed by atoms with Gasteiger partial charge in [0.15, 0.2) is 11.6 Å². The number of rotatable bonds is 5. The molecule has 24 heavy (non-hydrogen) atoms. The number of fused-ring (bicyclic) bond motifs is 1. The standard InChI is InChI=1S/C15H12BrN3O4S/c1-9-5-13(20)19-15(17-9)24-12(18-19)7-23-14(21)8-22-11-4-2-3-10(16)6-11/h2-6H,7-8H2,1H3. The highest BCUT2D eigenvalue weighted by molar-refractivity contribution is 9.10. The average molecular weight is 410 g/mol. The monoisotopic (exact) mass is 409 g/mol. The van der Waals surface area contributed by atoms with Gasteiger partial charge in [-0.25, -0.2) is 9.78 Å². The number of nitrogens with zero attached hydrogens (tertiary/aromatic N) is 3. The Bertz CT molecular complexity index is 953. The van der Waals surface area contributed by atoms with Crippen molar-refractivity contribution in [3.63, 3.8) is 0 Å². The Kier molecular flexibility index (Phi) is 4.91. The molecule has 9 heteroatoms. The van der Waals surface area contributed by atoms with Crippen molar-refractivity contribution in [1.82, 2.24) is 14.6 Å². The largest absolute Gasteiger partial charge is 0.482 e. The molecule has 0 aliphatic carbocycles. The van der Waals surface area contributed by atoms with E-state index in [-0.39, 0.29) is 18.8 Å². The first-order valence-electron chi connectivity index (χ1n) is 6.91. The van der Waals surface area contributed by atoms with Crippen LogP contribution in [0.2, 0.25) is 0 Å². The van der Waals surface area contributed by atoms with Crippen LogP contribution in [0.15, 0.2) is 39.6 Å². The normalized spacial score (nSPS) is 10.8. The van der Waals surface area contributed by atoms with Gasteiger partial charge in [-0.1, -0.05) is 33.3 Å². The minimum atomic E-state index is -0.522. The number of esters is 1. The summed E-state index contributed by atoms with van der Waals surface area (Å²) in [6, 6.07) is 8.55. The molecule has 0 radical (unpaired) electrons. The zero-order chi connectivity index (χ0) is 17.1. The van der Waals surface area contributed by atoms with Crippen molar-refractivity contribution in [3.8, 4) is 5.75 Å². The van der Waals surface area contributed by atoms with Gasteiger partial charge in [-0.2, -0.15) is 9.61 Å². The number of halogens is 1. The minimum Gasteiger partial charge on any atom is -0.482 e. The van der Waals surface area contributed by atoms with E-state index in [1.165, 1.54) is 21.9 Å². The van der Waals surface area contributed by atoms with Crippen LogP contribution >= 0.6 is 27.3 Å². The summed E-state index contributed by atoms with van der Waals surface area (Å²) in [4.78, 5) is 28.2. The van der Waals surface area contributed by atoms with E-state index in [0.29, 0.717) is 21.4 Å². The summed E-state index contributed by atoms with van der Waals surface area (Å²) in [7, 11) is 0. The average Bonchev–Trinajstić information content (AvgIpc) is 2.94. The second kappa shape index (κ2) is 7.10. The summed E-state index contributed by atoms with van der Waals surface area (Å²) in [5.41, 5.74) is 0.360. The van der Waals surface area contributed by atoms with Crippen LogP contribution in [0, 0.1) is 6.92 Å². The van der Waals surface area contributed by atoms with Crippen molar-refractivity contribution in [3.05, 3.63) is 55.9 Å². The quantitative estimate of drug-likeness (QED) is 0.601. The molecule has 124 valence electrons. The zero-order valence-electron chi connectivity index (χ0n) is 12.6. The van der Waals surface area contributed by atoms with E-state index < -0.39 is 5.97 Å². The molecule has 0 saturated carbocycles. The minimum absolute atomic E-state index is 0.0345. The maximum absolute atomic E-state index is 11.8. The molecule has 2 aromatic heterocycles. The van der Waals surface area contributed by atoms with Crippen molar-refractivity contribution < 1.29 is 14.3 Å². The predicted molar refractivity (Wildman–Crippen MR) is 91.3 cm³/mol. The molecule has 0 atom stereocenters. The van der Waals surface area contributed by atoms with E-state index in [9.17, 15) is 9.59 Å². The Morgan fingerprint density at radius 3 is 3.00 bits per heavy atom. The first-order valence-corrected chi connectivity index (χ1v) is 8.52. The summed E-state index contributed by atoms with van der Waals surface area (Å²) < 4.78 is 12.5. The number of carbonyl (C=O) groups is 1. The van der Waals surface area contributed by atoms with Gasteiger partial charge in [-0.05, 0) is 25.1 Å². The summed E-state index contributed by atoms with van der Waals surface area (Å²) in [6.07, 6.45) is 0. The van der Waals surface area contributed by atoms with E-state index in [4.69, 9.17) is 9.47 Å². The topological polar surface area (TPSA) is 82.8 Å². The van der Waals surface area contributed by atoms with E-state index in [1.54, 1.807) is 25.1 Å². The first-order chi connectivity index (χ1) is 11.5. The highest BCUT2D eigenvalue weighted by Crippen LogP contribution is 2.18. The van der Waals surface area contributed by atoms with Crippen LogP contribution in [0.5, 0.6) is 5.75 Å². The Balaban J connectivity index is 1.58. The molecule has 2 heterocycles. The summed E-state index contributed by atoms with van der Waals surface area (Å²) in [5.74, 6) is 0.0401. The number of hydrogen-bond donors (Lipinski definition) is 0. The lowest BCUT2D eigenvalue weighted by atomic mass is 10.3. The van der Waals surface area contributed by atoms with Crippen LogP contribution < -0.4 is 10.3 Å². The van der Waals surface area contributed by atoms with E-state index in [1.807, 2.05) is 6.07 Å².